The van der Waals surface area contributed by atoms with Gasteiger partial charge in [-0.1, -0.05) is 11.6 Å². The van der Waals surface area contributed by atoms with Crippen LogP contribution in [-0.2, 0) is 14.3 Å². The summed E-state index contributed by atoms with van der Waals surface area (Å²) >= 11 is 5.82. The number of amides is 1. The molecule has 1 heterocycles. The van der Waals surface area contributed by atoms with Crippen LogP contribution in [0, 0.1) is 11.3 Å². The largest absolute Gasteiger partial charge is 0.469 e. The number of nitrogens with zero attached hydrogens (tertiary/aromatic N) is 2. The van der Waals surface area contributed by atoms with Crippen LogP contribution in [0.1, 0.15) is 18.4 Å². The Labute approximate surface area is 109 Å². The molecule has 94 valence electrons. The van der Waals surface area contributed by atoms with Crippen molar-refractivity contribution in [3.05, 3.63) is 22.8 Å². The number of pyridine rings is 1. The number of rotatable bonds is 4. The summed E-state index contributed by atoms with van der Waals surface area (Å²) in [6.07, 6.45) is 1.25. The van der Waals surface area contributed by atoms with Crippen molar-refractivity contribution in [2.24, 2.45) is 0 Å². The molecule has 0 saturated carbocycles. The summed E-state index contributed by atoms with van der Waals surface area (Å²) in [6, 6.07) is 3.27. The molecular weight excluding hydrogens is 258 g/mol. The molecule has 6 nitrogen and oxygen atoms in total. The fourth-order valence-corrected chi connectivity index (χ4v) is 1.32. The highest BCUT2D eigenvalue weighted by Gasteiger charge is 2.10. The van der Waals surface area contributed by atoms with Crippen molar-refractivity contribution in [2.75, 3.05) is 12.4 Å². The number of nitriles is 1. The molecule has 0 aliphatic carbocycles. The van der Waals surface area contributed by atoms with Crippen LogP contribution in [-0.4, -0.2) is 24.0 Å². The number of anilines is 1. The molecule has 1 rings (SSSR count). The molecular formula is C11H10ClN3O3. The van der Waals surface area contributed by atoms with E-state index in [9.17, 15) is 9.59 Å². The van der Waals surface area contributed by atoms with E-state index < -0.39 is 11.9 Å². The van der Waals surface area contributed by atoms with Gasteiger partial charge in [0, 0.05) is 12.6 Å². The number of esters is 1. The maximum atomic E-state index is 11.5. The van der Waals surface area contributed by atoms with Gasteiger partial charge in [0.1, 0.15) is 6.07 Å². The number of hydrogen-bond acceptors (Lipinski definition) is 5. The van der Waals surface area contributed by atoms with E-state index >= 15 is 0 Å². The van der Waals surface area contributed by atoms with Crippen LogP contribution in [0.2, 0.25) is 5.02 Å². The Hall–Kier alpha value is -2.13. The van der Waals surface area contributed by atoms with E-state index in [0.717, 1.165) is 0 Å². The van der Waals surface area contributed by atoms with Crippen molar-refractivity contribution in [3.63, 3.8) is 0 Å². The predicted octanol–water partition coefficient (Wildman–Crippen LogP) is 1.50. The van der Waals surface area contributed by atoms with Gasteiger partial charge in [-0.25, -0.2) is 4.98 Å². The van der Waals surface area contributed by atoms with Crippen molar-refractivity contribution < 1.29 is 14.3 Å². The first-order valence-corrected chi connectivity index (χ1v) is 5.37. The first kappa shape index (κ1) is 13.9. The number of carbonyl (C=O) groups excluding carboxylic acids is 2. The van der Waals surface area contributed by atoms with Crippen molar-refractivity contribution >= 4 is 29.3 Å². The summed E-state index contributed by atoms with van der Waals surface area (Å²) in [5.41, 5.74) is 0.299. The van der Waals surface area contributed by atoms with E-state index in [0.29, 0.717) is 5.56 Å². The minimum atomic E-state index is -0.468. The molecule has 0 aliphatic heterocycles. The highest BCUT2D eigenvalue weighted by atomic mass is 35.5. The highest BCUT2D eigenvalue weighted by molar-refractivity contribution is 6.33. The molecule has 0 spiro atoms. The summed E-state index contributed by atoms with van der Waals surface area (Å²) in [5.74, 6) is -0.714. The molecule has 0 atom stereocenters. The second-order valence-electron chi connectivity index (χ2n) is 3.29. The third-order valence-electron chi connectivity index (χ3n) is 2.01. The third kappa shape index (κ3) is 4.03. The number of halogens is 1. The monoisotopic (exact) mass is 267 g/mol. The number of nitrogens with one attached hydrogen (secondary N) is 1. The maximum absolute atomic E-state index is 11.5. The minimum Gasteiger partial charge on any atom is -0.469 e. The average molecular weight is 268 g/mol. The predicted molar refractivity (Wildman–Crippen MR) is 63.8 cm³/mol. The molecule has 0 saturated heterocycles. The van der Waals surface area contributed by atoms with Gasteiger partial charge < -0.3 is 10.1 Å². The van der Waals surface area contributed by atoms with Crippen molar-refractivity contribution in [1.82, 2.24) is 4.98 Å². The zero-order chi connectivity index (χ0) is 13.5. The van der Waals surface area contributed by atoms with E-state index in [1.165, 1.54) is 19.4 Å². The van der Waals surface area contributed by atoms with Gasteiger partial charge in [-0.3, -0.25) is 9.59 Å². The summed E-state index contributed by atoms with van der Waals surface area (Å²) < 4.78 is 4.41. The first-order valence-electron chi connectivity index (χ1n) is 4.99. The Kier molecular flexibility index (Phi) is 5.08. The van der Waals surface area contributed by atoms with Gasteiger partial charge in [0.25, 0.3) is 0 Å². The summed E-state index contributed by atoms with van der Waals surface area (Å²) in [5, 5.41) is 11.2. The van der Waals surface area contributed by atoms with Crippen molar-refractivity contribution in [3.8, 4) is 6.07 Å². The molecule has 1 N–H and O–H groups in total. The summed E-state index contributed by atoms with van der Waals surface area (Å²) in [6.45, 7) is 0. The van der Waals surface area contributed by atoms with Gasteiger partial charge in [0.05, 0.1) is 24.1 Å². The Morgan fingerprint density at radius 2 is 2.28 bits per heavy atom. The maximum Gasteiger partial charge on any atom is 0.306 e. The summed E-state index contributed by atoms with van der Waals surface area (Å²) in [7, 11) is 1.25. The van der Waals surface area contributed by atoms with Crippen molar-refractivity contribution in [2.45, 2.75) is 12.8 Å². The smallest absolute Gasteiger partial charge is 0.306 e. The van der Waals surface area contributed by atoms with Crippen LogP contribution in [0.15, 0.2) is 12.3 Å². The zero-order valence-corrected chi connectivity index (χ0v) is 10.3. The van der Waals surface area contributed by atoms with Crippen LogP contribution in [0.5, 0.6) is 0 Å². The van der Waals surface area contributed by atoms with Crippen LogP contribution < -0.4 is 5.32 Å². The average Bonchev–Trinajstić information content (AvgIpc) is 2.38. The fourth-order valence-electron chi connectivity index (χ4n) is 1.10. The van der Waals surface area contributed by atoms with Gasteiger partial charge in [-0.2, -0.15) is 5.26 Å². The minimum absolute atomic E-state index is 0.0176. The topological polar surface area (TPSA) is 92.1 Å². The van der Waals surface area contributed by atoms with Crippen LogP contribution in [0.25, 0.3) is 0 Å². The molecule has 0 aromatic carbocycles. The second-order valence-corrected chi connectivity index (χ2v) is 3.70. The first-order chi connectivity index (χ1) is 8.56. The standard InChI is InChI=1S/C11H10ClN3O3/c1-18-10(17)3-2-9(16)15-11-8(12)4-7(5-13)6-14-11/h4,6H,2-3H2,1H3,(H,14,15,16). The number of hydrogen-bond donors (Lipinski definition) is 1. The van der Waals surface area contributed by atoms with E-state index in [-0.39, 0.29) is 23.7 Å². The SMILES string of the molecule is COC(=O)CCC(=O)Nc1ncc(C#N)cc1Cl. The van der Waals surface area contributed by atoms with Crippen LogP contribution >= 0.6 is 11.6 Å². The third-order valence-corrected chi connectivity index (χ3v) is 2.30. The van der Waals surface area contributed by atoms with Crippen LogP contribution in [0.4, 0.5) is 5.82 Å². The molecule has 0 bridgehead atoms. The number of carbonyl (C=O) groups is 2. The Morgan fingerprint density at radius 3 is 2.83 bits per heavy atom. The second kappa shape index (κ2) is 6.57. The molecule has 1 aromatic rings. The van der Waals surface area contributed by atoms with E-state index in [1.807, 2.05) is 6.07 Å². The van der Waals surface area contributed by atoms with E-state index in [1.54, 1.807) is 0 Å². The molecule has 1 aromatic heterocycles. The Balaban J connectivity index is 2.60. The fraction of sp³-hybridized carbons (Fsp3) is 0.273. The molecule has 0 radical (unpaired) electrons. The zero-order valence-electron chi connectivity index (χ0n) is 9.57. The molecule has 0 unspecified atom stereocenters. The van der Waals surface area contributed by atoms with E-state index in [4.69, 9.17) is 16.9 Å². The Morgan fingerprint density at radius 1 is 1.56 bits per heavy atom. The number of ether oxygens (including phenoxy) is 1. The lowest BCUT2D eigenvalue weighted by molar-refractivity contribution is -0.141. The summed E-state index contributed by atoms with van der Waals surface area (Å²) in [4.78, 5) is 26.1. The highest BCUT2D eigenvalue weighted by Crippen LogP contribution is 2.19. The van der Waals surface area contributed by atoms with Gasteiger partial charge in [-0.15, -0.1) is 0 Å². The van der Waals surface area contributed by atoms with E-state index in [2.05, 4.69) is 15.0 Å². The Bertz CT molecular complexity index is 511. The van der Waals surface area contributed by atoms with Crippen molar-refractivity contribution in [1.29, 1.82) is 5.26 Å². The molecule has 0 aliphatic rings. The van der Waals surface area contributed by atoms with Gasteiger partial charge in [0.2, 0.25) is 5.91 Å². The van der Waals surface area contributed by atoms with Gasteiger partial charge in [-0.05, 0) is 6.07 Å². The lowest BCUT2D eigenvalue weighted by Crippen LogP contribution is -2.15. The molecule has 7 heteroatoms. The molecule has 0 fully saturated rings. The molecule has 1 amide bonds. The quantitative estimate of drug-likeness (QED) is 0.835. The normalized spacial score (nSPS) is 9.39. The van der Waals surface area contributed by atoms with Crippen LogP contribution in [0.3, 0.4) is 0 Å². The lowest BCUT2D eigenvalue weighted by Gasteiger charge is -2.05. The number of aromatic nitrogens is 1. The lowest BCUT2D eigenvalue weighted by atomic mass is 10.3. The number of methoxy groups -OCH3 is 1. The van der Waals surface area contributed by atoms with Gasteiger partial charge in [0.15, 0.2) is 5.82 Å². The van der Waals surface area contributed by atoms with Gasteiger partial charge >= 0.3 is 5.97 Å². The molecule has 18 heavy (non-hydrogen) atoms.